The Kier molecular flexibility index (Phi) is 4.08. The number of sulfonamides is 1. The van der Waals surface area contributed by atoms with Crippen LogP contribution < -0.4 is 10.5 Å². The molecule has 1 fully saturated rings. The second kappa shape index (κ2) is 5.34. The van der Waals surface area contributed by atoms with Gasteiger partial charge < -0.3 is 5.32 Å². The number of rotatable bonds is 3. The average Bonchev–Trinajstić information content (AvgIpc) is 2.33. The third-order valence-electron chi connectivity index (χ3n) is 3.50. The van der Waals surface area contributed by atoms with Gasteiger partial charge in [-0.15, -0.1) is 0 Å². The number of hydrogen-bond donors (Lipinski definition) is 2. The van der Waals surface area contributed by atoms with E-state index in [1.165, 1.54) is 6.07 Å². The van der Waals surface area contributed by atoms with Gasteiger partial charge in [0.2, 0.25) is 10.0 Å². The predicted molar refractivity (Wildman–Crippen MR) is 77.9 cm³/mol. The number of nitrogens with one attached hydrogen (secondary N) is 1. The number of anilines is 1. The van der Waals surface area contributed by atoms with E-state index in [1.807, 2.05) is 0 Å². The van der Waals surface area contributed by atoms with Gasteiger partial charge in [-0.2, -0.15) is 0 Å². The van der Waals surface area contributed by atoms with Gasteiger partial charge in [-0.25, -0.2) is 22.0 Å². The summed E-state index contributed by atoms with van der Waals surface area (Å²) in [5.41, 5.74) is 1.24. The fraction of sp³-hybridized carbons (Fsp3) is 0.500. The molecule has 0 aliphatic carbocycles. The van der Waals surface area contributed by atoms with Crippen molar-refractivity contribution < 1.29 is 16.8 Å². The van der Waals surface area contributed by atoms with Crippen molar-refractivity contribution in [3.8, 4) is 0 Å². The molecular formula is C12H18N2O4S2. The molecule has 1 heterocycles. The summed E-state index contributed by atoms with van der Waals surface area (Å²) in [6.07, 6.45) is 1.06. The molecular weight excluding hydrogens is 300 g/mol. The summed E-state index contributed by atoms with van der Waals surface area (Å²) in [7, 11) is -6.66. The van der Waals surface area contributed by atoms with Gasteiger partial charge in [-0.05, 0) is 37.5 Å². The molecule has 3 N–H and O–H groups in total. The maximum Gasteiger partial charge on any atom is 0.238 e. The van der Waals surface area contributed by atoms with Gasteiger partial charge in [0.25, 0.3) is 0 Å². The highest BCUT2D eigenvalue weighted by atomic mass is 32.2. The lowest BCUT2D eigenvalue weighted by Gasteiger charge is -2.25. The largest absolute Gasteiger partial charge is 0.382 e. The fourth-order valence-corrected chi connectivity index (χ4v) is 4.63. The molecule has 0 bridgehead atoms. The zero-order valence-electron chi connectivity index (χ0n) is 11.2. The van der Waals surface area contributed by atoms with E-state index in [1.54, 1.807) is 19.1 Å². The molecule has 1 aliphatic heterocycles. The van der Waals surface area contributed by atoms with E-state index >= 15 is 0 Å². The molecule has 1 aromatic rings. The first-order valence-electron chi connectivity index (χ1n) is 6.28. The molecule has 0 unspecified atom stereocenters. The van der Waals surface area contributed by atoms with E-state index in [0.29, 0.717) is 24.1 Å². The zero-order valence-corrected chi connectivity index (χ0v) is 12.8. The Morgan fingerprint density at radius 2 is 1.85 bits per heavy atom. The van der Waals surface area contributed by atoms with Crippen molar-refractivity contribution in [2.45, 2.75) is 30.7 Å². The van der Waals surface area contributed by atoms with Gasteiger partial charge in [0.15, 0.2) is 0 Å². The summed E-state index contributed by atoms with van der Waals surface area (Å²) in [5, 5.41) is 8.38. The van der Waals surface area contributed by atoms with E-state index in [9.17, 15) is 16.8 Å². The van der Waals surface area contributed by atoms with Crippen LogP contribution in [0.2, 0.25) is 0 Å². The third-order valence-corrected chi connectivity index (χ3v) is 6.28. The Bertz CT molecular complexity index is 697. The molecule has 0 radical (unpaired) electrons. The summed E-state index contributed by atoms with van der Waals surface area (Å²) < 4.78 is 45.7. The first kappa shape index (κ1) is 15.3. The van der Waals surface area contributed by atoms with Gasteiger partial charge in [-0.1, -0.05) is 6.07 Å². The summed E-state index contributed by atoms with van der Waals surface area (Å²) in [5.74, 6) is 0.331. The lowest BCUT2D eigenvalue weighted by atomic mass is 10.1. The van der Waals surface area contributed by atoms with Crippen LogP contribution in [0, 0.1) is 6.92 Å². The monoisotopic (exact) mass is 318 g/mol. The van der Waals surface area contributed by atoms with Crippen molar-refractivity contribution in [3.05, 3.63) is 23.8 Å². The number of nitrogens with two attached hydrogens (primary N) is 1. The highest BCUT2D eigenvalue weighted by Crippen LogP contribution is 2.25. The van der Waals surface area contributed by atoms with E-state index in [0.717, 1.165) is 0 Å². The van der Waals surface area contributed by atoms with E-state index in [4.69, 9.17) is 5.14 Å². The Balaban J connectivity index is 2.19. The molecule has 1 saturated heterocycles. The molecule has 20 heavy (non-hydrogen) atoms. The van der Waals surface area contributed by atoms with Crippen molar-refractivity contribution in [3.63, 3.8) is 0 Å². The molecule has 0 atom stereocenters. The average molecular weight is 318 g/mol. The molecule has 8 heteroatoms. The highest BCUT2D eigenvalue weighted by Gasteiger charge is 2.24. The maximum absolute atomic E-state index is 11.5. The van der Waals surface area contributed by atoms with Crippen LogP contribution in [0.1, 0.15) is 18.4 Å². The smallest absolute Gasteiger partial charge is 0.238 e. The summed E-state index contributed by atoms with van der Waals surface area (Å²) in [4.78, 5) is 0.0888. The summed E-state index contributed by atoms with van der Waals surface area (Å²) in [6.45, 7) is 1.68. The minimum absolute atomic E-state index is 0.0351. The van der Waals surface area contributed by atoms with Crippen LogP contribution in [0.25, 0.3) is 0 Å². The lowest BCUT2D eigenvalue weighted by Crippen LogP contribution is -2.32. The van der Waals surface area contributed by atoms with Crippen molar-refractivity contribution in [2.24, 2.45) is 5.14 Å². The standard InChI is InChI=1S/C12H18N2O4S2/c1-9-11(3-2-4-12(9)20(13,17)18)14-10-5-7-19(15,16)8-6-10/h2-4,10,14H,5-8H2,1H3,(H2,13,17,18). The second-order valence-electron chi connectivity index (χ2n) is 5.04. The van der Waals surface area contributed by atoms with E-state index in [2.05, 4.69) is 5.32 Å². The van der Waals surface area contributed by atoms with Crippen molar-refractivity contribution in [1.82, 2.24) is 0 Å². The quantitative estimate of drug-likeness (QED) is 0.850. The molecule has 1 aliphatic rings. The fourth-order valence-electron chi connectivity index (χ4n) is 2.33. The minimum Gasteiger partial charge on any atom is -0.382 e. The van der Waals surface area contributed by atoms with Crippen molar-refractivity contribution >= 4 is 25.5 Å². The Labute approximate surface area is 119 Å². The molecule has 1 aromatic carbocycles. The van der Waals surface area contributed by atoms with Crippen LogP contribution >= 0.6 is 0 Å². The molecule has 0 aromatic heterocycles. The third kappa shape index (κ3) is 3.50. The second-order valence-corrected chi connectivity index (χ2v) is 8.88. The zero-order chi connectivity index (χ0) is 15.0. The van der Waals surface area contributed by atoms with Crippen LogP contribution in [-0.4, -0.2) is 34.4 Å². The molecule has 0 saturated carbocycles. The van der Waals surface area contributed by atoms with Crippen LogP contribution in [0.4, 0.5) is 5.69 Å². The molecule has 6 nitrogen and oxygen atoms in total. The Hall–Kier alpha value is -1.12. The van der Waals surface area contributed by atoms with Gasteiger partial charge >= 0.3 is 0 Å². The van der Waals surface area contributed by atoms with Crippen molar-refractivity contribution in [1.29, 1.82) is 0 Å². The van der Waals surface area contributed by atoms with E-state index < -0.39 is 19.9 Å². The van der Waals surface area contributed by atoms with Crippen LogP contribution in [0.5, 0.6) is 0 Å². The normalized spacial score (nSPS) is 19.7. The highest BCUT2D eigenvalue weighted by molar-refractivity contribution is 7.91. The van der Waals surface area contributed by atoms with Gasteiger partial charge in [-0.3, -0.25) is 0 Å². The van der Waals surface area contributed by atoms with Crippen LogP contribution in [0.3, 0.4) is 0 Å². The molecule has 112 valence electrons. The first-order valence-corrected chi connectivity index (χ1v) is 9.65. The number of primary sulfonamides is 1. The molecule has 2 rings (SSSR count). The van der Waals surface area contributed by atoms with E-state index in [-0.39, 0.29) is 22.4 Å². The van der Waals surface area contributed by atoms with Crippen LogP contribution in [-0.2, 0) is 19.9 Å². The topological polar surface area (TPSA) is 106 Å². The summed E-state index contributed by atoms with van der Waals surface area (Å²) in [6, 6.07) is 4.89. The number of sulfone groups is 1. The molecule has 0 spiro atoms. The summed E-state index contributed by atoms with van der Waals surface area (Å²) >= 11 is 0. The number of benzene rings is 1. The van der Waals surface area contributed by atoms with Gasteiger partial charge in [0.05, 0.1) is 16.4 Å². The van der Waals surface area contributed by atoms with Crippen LogP contribution in [0.15, 0.2) is 23.1 Å². The van der Waals surface area contributed by atoms with Gasteiger partial charge in [0.1, 0.15) is 9.84 Å². The molecule has 0 amide bonds. The number of hydrogen-bond acceptors (Lipinski definition) is 5. The predicted octanol–water partition coefficient (Wildman–Crippen LogP) is 0.632. The maximum atomic E-state index is 11.5. The van der Waals surface area contributed by atoms with Gasteiger partial charge in [0, 0.05) is 11.7 Å². The Morgan fingerprint density at radius 3 is 2.40 bits per heavy atom. The lowest BCUT2D eigenvalue weighted by molar-refractivity contribution is 0.559. The minimum atomic E-state index is -3.75. The van der Waals surface area contributed by atoms with Crippen molar-refractivity contribution in [2.75, 3.05) is 16.8 Å². The Morgan fingerprint density at radius 1 is 1.25 bits per heavy atom. The SMILES string of the molecule is Cc1c(NC2CCS(=O)(=O)CC2)cccc1S(N)(=O)=O. The first-order chi connectivity index (χ1) is 9.19.